The fraction of sp³-hybridized carbons (Fsp3) is 0.400. The zero-order chi connectivity index (χ0) is 16.1. The smallest absolute Gasteiger partial charge is 0.234 e. The molecule has 1 heterocycles. The molecule has 0 unspecified atom stereocenters. The first-order valence-corrected chi connectivity index (χ1v) is 8.49. The summed E-state index contributed by atoms with van der Waals surface area (Å²) >= 11 is 7.28. The first kappa shape index (κ1) is 16.8. The summed E-state index contributed by atoms with van der Waals surface area (Å²) in [6, 6.07) is 7.36. The van der Waals surface area contributed by atoms with Gasteiger partial charge in [0.05, 0.1) is 5.75 Å². The van der Waals surface area contributed by atoms with E-state index in [9.17, 15) is 4.79 Å². The van der Waals surface area contributed by atoms with Gasteiger partial charge in [-0.1, -0.05) is 36.4 Å². The van der Waals surface area contributed by atoms with Gasteiger partial charge in [0.25, 0.3) is 0 Å². The van der Waals surface area contributed by atoms with Crippen molar-refractivity contribution in [3.8, 4) is 0 Å². The second kappa shape index (κ2) is 7.65. The van der Waals surface area contributed by atoms with Gasteiger partial charge in [-0.15, -0.1) is 10.2 Å². The molecule has 1 aromatic carbocycles. The van der Waals surface area contributed by atoms with Crippen LogP contribution < -0.4 is 5.32 Å². The Balaban J connectivity index is 1.98. The Morgan fingerprint density at radius 3 is 2.82 bits per heavy atom. The maximum absolute atomic E-state index is 12.0. The van der Waals surface area contributed by atoms with E-state index in [-0.39, 0.29) is 17.7 Å². The molecule has 2 rings (SSSR count). The molecule has 2 aromatic rings. The number of aryl methyl sites for hydroxylation is 1. The molecule has 118 valence electrons. The van der Waals surface area contributed by atoms with Crippen molar-refractivity contribution in [3.63, 3.8) is 0 Å². The summed E-state index contributed by atoms with van der Waals surface area (Å²) in [5.74, 6) is 1.12. The van der Waals surface area contributed by atoms with Crippen molar-refractivity contribution in [1.29, 1.82) is 0 Å². The number of benzene rings is 1. The highest BCUT2D eigenvalue weighted by molar-refractivity contribution is 7.99. The predicted octanol–water partition coefficient (Wildman–Crippen LogP) is 3.81. The van der Waals surface area contributed by atoms with E-state index in [4.69, 9.17) is 11.6 Å². The summed E-state index contributed by atoms with van der Waals surface area (Å²) in [5.41, 5.74) is 0.692. The van der Waals surface area contributed by atoms with Crippen LogP contribution in [0, 0.1) is 0 Å². The highest BCUT2D eigenvalue weighted by Gasteiger charge is 2.15. The number of hydrogen-bond acceptors (Lipinski definition) is 4. The maximum Gasteiger partial charge on any atom is 0.234 e. The van der Waals surface area contributed by atoms with Crippen LogP contribution in [0.15, 0.2) is 29.4 Å². The molecule has 0 spiro atoms. The summed E-state index contributed by atoms with van der Waals surface area (Å²) in [5, 5.41) is 12.5. The number of hydrogen-bond donors (Lipinski definition) is 1. The second-order valence-corrected chi connectivity index (χ2v) is 6.44. The minimum absolute atomic E-state index is 0.0939. The van der Waals surface area contributed by atoms with Crippen LogP contribution in [0.2, 0.25) is 5.02 Å². The lowest BCUT2D eigenvalue weighted by Gasteiger charge is -2.12. The van der Waals surface area contributed by atoms with Crippen molar-refractivity contribution in [1.82, 2.24) is 14.8 Å². The van der Waals surface area contributed by atoms with Gasteiger partial charge in [0, 0.05) is 23.2 Å². The Labute approximate surface area is 139 Å². The number of aromatic nitrogens is 3. The molecular weight excluding hydrogens is 320 g/mol. The Morgan fingerprint density at radius 1 is 1.41 bits per heavy atom. The van der Waals surface area contributed by atoms with Gasteiger partial charge in [-0.3, -0.25) is 4.79 Å². The van der Waals surface area contributed by atoms with Crippen molar-refractivity contribution in [2.45, 2.75) is 38.4 Å². The second-order valence-electron chi connectivity index (χ2n) is 5.06. The maximum atomic E-state index is 12.0. The summed E-state index contributed by atoms with van der Waals surface area (Å²) in [6.45, 7) is 6.21. The average molecular weight is 339 g/mol. The van der Waals surface area contributed by atoms with Crippen LogP contribution in [0.3, 0.4) is 0 Å². The molecule has 1 aromatic heterocycles. The number of halogens is 1. The summed E-state index contributed by atoms with van der Waals surface area (Å²) in [7, 11) is 0. The minimum Gasteiger partial charge on any atom is -0.325 e. The number of amides is 1. The Bertz CT molecular complexity index is 657. The molecule has 0 aliphatic heterocycles. The van der Waals surface area contributed by atoms with E-state index in [1.54, 1.807) is 24.3 Å². The van der Waals surface area contributed by atoms with Crippen LogP contribution in [0.5, 0.6) is 0 Å². The lowest BCUT2D eigenvalue weighted by atomic mass is 10.3. The SMILES string of the molecule is CCc1nnc(SCC(=O)Nc2cccc(Cl)c2)n1C(C)C. The highest BCUT2D eigenvalue weighted by atomic mass is 35.5. The lowest BCUT2D eigenvalue weighted by Crippen LogP contribution is -2.15. The fourth-order valence-electron chi connectivity index (χ4n) is 2.06. The van der Waals surface area contributed by atoms with Crippen LogP contribution in [0.25, 0.3) is 0 Å². The van der Waals surface area contributed by atoms with Crippen LogP contribution in [-0.2, 0) is 11.2 Å². The molecule has 1 amide bonds. The van der Waals surface area contributed by atoms with Crippen LogP contribution >= 0.6 is 23.4 Å². The van der Waals surface area contributed by atoms with Crippen molar-refractivity contribution in [2.24, 2.45) is 0 Å². The van der Waals surface area contributed by atoms with E-state index in [1.165, 1.54) is 11.8 Å². The van der Waals surface area contributed by atoms with E-state index in [2.05, 4.69) is 33.9 Å². The number of thioether (sulfide) groups is 1. The zero-order valence-electron chi connectivity index (χ0n) is 12.8. The molecule has 7 heteroatoms. The number of carbonyl (C=O) groups is 1. The van der Waals surface area contributed by atoms with Gasteiger partial charge in [-0.2, -0.15) is 0 Å². The van der Waals surface area contributed by atoms with E-state index in [0.29, 0.717) is 10.7 Å². The van der Waals surface area contributed by atoms with Gasteiger partial charge in [-0.25, -0.2) is 0 Å². The van der Waals surface area contributed by atoms with Gasteiger partial charge in [0.15, 0.2) is 5.16 Å². The molecule has 1 N–H and O–H groups in total. The van der Waals surface area contributed by atoms with Gasteiger partial charge < -0.3 is 9.88 Å². The largest absolute Gasteiger partial charge is 0.325 e. The average Bonchev–Trinajstić information content (AvgIpc) is 2.88. The molecule has 0 saturated carbocycles. The van der Waals surface area contributed by atoms with Crippen molar-refractivity contribution < 1.29 is 4.79 Å². The molecule has 0 bridgehead atoms. The van der Waals surface area contributed by atoms with Crippen LogP contribution in [0.1, 0.15) is 32.6 Å². The topological polar surface area (TPSA) is 59.8 Å². The Morgan fingerprint density at radius 2 is 2.18 bits per heavy atom. The quantitative estimate of drug-likeness (QED) is 0.814. The van der Waals surface area contributed by atoms with Crippen LogP contribution in [0.4, 0.5) is 5.69 Å². The molecule has 0 saturated heterocycles. The number of nitrogens with one attached hydrogen (secondary N) is 1. The molecule has 0 aliphatic rings. The van der Waals surface area contributed by atoms with Gasteiger partial charge >= 0.3 is 0 Å². The molecule has 0 fully saturated rings. The first-order valence-electron chi connectivity index (χ1n) is 7.13. The van der Waals surface area contributed by atoms with Crippen LogP contribution in [-0.4, -0.2) is 26.4 Å². The molecule has 0 radical (unpaired) electrons. The summed E-state index contributed by atoms with van der Waals surface area (Å²) < 4.78 is 2.07. The van der Waals surface area contributed by atoms with Crippen molar-refractivity contribution in [3.05, 3.63) is 35.1 Å². The third-order valence-corrected chi connectivity index (χ3v) is 4.19. The van der Waals surface area contributed by atoms with E-state index >= 15 is 0 Å². The monoisotopic (exact) mass is 338 g/mol. The third kappa shape index (κ3) is 4.24. The number of anilines is 1. The van der Waals surface area contributed by atoms with Gasteiger partial charge in [-0.05, 0) is 32.0 Å². The summed E-state index contributed by atoms with van der Waals surface area (Å²) in [4.78, 5) is 12.0. The Kier molecular flexibility index (Phi) is 5.85. The fourth-order valence-corrected chi connectivity index (χ4v) is 3.14. The standard InChI is InChI=1S/C15H19ClN4OS/c1-4-13-18-19-15(20(13)10(2)3)22-9-14(21)17-12-7-5-6-11(16)8-12/h5-8,10H,4,9H2,1-3H3,(H,17,21). The highest BCUT2D eigenvalue weighted by Crippen LogP contribution is 2.22. The zero-order valence-corrected chi connectivity index (χ0v) is 14.4. The third-order valence-electron chi connectivity index (χ3n) is 3.01. The summed E-state index contributed by atoms with van der Waals surface area (Å²) in [6.07, 6.45) is 0.820. The van der Waals surface area contributed by atoms with Gasteiger partial charge in [0.2, 0.25) is 5.91 Å². The van der Waals surface area contributed by atoms with E-state index in [0.717, 1.165) is 17.4 Å². The van der Waals surface area contributed by atoms with Crippen molar-refractivity contribution >= 4 is 35.0 Å². The minimum atomic E-state index is -0.0939. The number of carbonyl (C=O) groups excluding carboxylic acids is 1. The van der Waals surface area contributed by atoms with E-state index < -0.39 is 0 Å². The number of nitrogens with zero attached hydrogens (tertiary/aromatic N) is 3. The van der Waals surface area contributed by atoms with E-state index in [1.807, 2.05) is 6.92 Å². The molecule has 0 atom stereocenters. The molecule has 5 nitrogen and oxygen atoms in total. The first-order chi connectivity index (χ1) is 10.5. The molecule has 0 aliphatic carbocycles. The normalized spacial score (nSPS) is 11.0. The van der Waals surface area contributed by atoms with Gasteiger partial charge in [0.1, 0.15) is 5.82 Å². The Hall–Kier alpha value is -1.53. The predicted molar refractivity (Wildman–Crippen MR) is 90.6 cm³/mol. The number of rotatable bonds is 6. The van der Waals surface area contributed by atoms with Crippen molar-refractivity contribution in [2.75, 3.05) is 11.1 Å². The lowest BCUT2D eigenvalue weighted by molar-refractivity contribution is -0.113. The molecule has 22 heavy (non-hydrogen) atoms. The molecular formula is C15H19ClN4OS.